The highest BCUT2D eigenvalue weighted by Crippen LogP contribution is 2.44. The lowest BCUT2D eigenvalue weighted by atomic mass is 9.98. The van der Waals surface area contributed by atoms with Crippen molar-refractivity contribution in [2.24, 2.45) is 0 Å². The van der Waals surface area contributed by atoms with Gasteiger partial charge in [-0.25, -0.2) is 9.59 Å². The van der Waals surface area contributed by atoms with E-state index in [-0.39, 0.29) is 25.0 Å². The highest BCUT2D eigenvalue weighted by molar-refractivity contribution is 5.83. The Morgan fingerprint density at radius 3 is 2.12 bits per heavy atom. The smallest absolute Gasteiger partial charge is 0.407 e. The summed E-state index contributed by atoms with van der Waals surface area (Å²) >= 11 is 0. The molecule has 0 saturated carbocycles. The molecule has 0 spiro atoms. The van der Waals surface area contributed by atoms with Gasteiger partial charge in [0.2, 0.25) is 5.91 Å². The van der Waals surface area contributed by atoms with Gasteiger partial charge in [0.1, 0.15) is 12.6 Å². The van der Waals surface area contributed by atoms with Gasteiger partial charge in [-0.3, -0.25) is 4.79 Å². The number of aliphatic carboxylic acids is 1. The van der Waals surface area contributed by atoms with Crippen LogP contribution >= 0.6 is 0 Å². The van der Waals surface area contributed by atoms with Crippen LogP contribution in [0.4, 0.5) is 4.79 Å². The van der Waals surface area contributed by atoms with Crippen molar-refractivity contribution in [3.05, 3.63) is 59.7 Å². The van der Waals surface area contributed by atoms with E-state index >= 15 is 0 Å². The summed E-state index contributed by atoms with van der Waals surface area (Å²) in [4.78, 5) is 35.2. The lowest BCUT2D eigenvalue weighted by molar-refractivity contribution is -0.142. The first-order valence-electron chi connectivity index (χ1n) is 10.7. The van der Waals surface area contributed by atoms with Crippen molar-refractivity contribution in [1.29, 1.82) is 0 Å². The van der Waals surface area contributed by atoms with Gasteiger partial charge in [0.15, 0.2) is 0 Å². The van der Waals surface area contributed by atoms with Crippen LogP contribution in [-0.4, -0.2) is 53.5 Å². The van der Waals surface area contributed by atoms with E-state index in [2.05, 4.69) is 22.8 Å². The number of carbonyl (C=O) groups is 3. The predicted molar refractivity (Wildman–Crippen MR) is 118 cm³/mol. The lowest BCUT2D eigenvalue weighted by Gasteiger charge is -2.19. The number of fused-ring (bicyclic) bond motifs is 3. The Hall–Kier alpha value is -3.39. The van der Waals surface area contributed by atoms with Crippen LogP contribution in [0.1, 0.15) is 43.2 Å². The quantitative estimate of drug-likeness (QED) is 0.450. The summed E-state index contributed by atoms with van der Waals surface area (Å²) in [6.45, 7) is 1.39. The maximum absolute atomic E-state index is 12.4. The molecule has 0 aliphatic heterocycles. The molecular weight excluding hydrogens is 412 g/mol. The van der Waals surface area contributed by atoms with Crippen molar-refractivity contribution in [3.8, 4) is 11.1 Å². The van der Waals surface area contributed by atoms with E-state index in [4.69, 9.17) is 14.9 Å². The molecule has 1 unspecified atom stereocenters. The average Bonchev–Trinajstić information content (AvgIpc) is 3.12. The second kappa shape index (κ2) is 10.8. The molecule has 0 heterocycles. The van der Waals surface area contributed by atoms with E-state index in [9.17, 15) is 14.4 Å². The van der Waals surface area contributed by atoms with Crippen molar-refractivity contribution >= 4 is 18.0 Å². The van der Waals surface area contributed by atoms with Crippen LogP contribution in [0.3, 0.4) is 0 Å². The number of carboxylic acid groups (broad SMARTS) is 1. The van der Waals surface area contributed by atoms with Gasteiger partial charge in [-0.1, -0.05) is 55.5 Å². The first-order chi connectivity index (χ1) is 15.4. The predicted octanol–water partition coefficient (Wildman–Crippen LogP) is 2.65. The van der Waals surface area contributed by atoms with Crippen LogP contribution in [0.5, 0.6) is 0 Å². The molecule has 8 heteroatoms. The second-order valence-electron chi connectivity index (χ2n) is 7.75. The zero-order chi connectivity index (χ0) is 23.1. The summed E-state index contributed by atoms with van der Waals surface area (Å²) < 4.78 is 5.53. The van der Waals surface area contributed by atoms with Gasteiger partial charge < -0.3 is 25.6 Å². The Kier molecular flexibility index (Phi) is 7.83. The molecule has 3 rings (SSSR count). The summed E-state index contributed by atoms with van der Waals surface area (Å²) in [5.74, 6) is -1.84. The van der Waals surface area contributed by atoms with Crippen LogP contribution in [0.25, 0.3) is 11.1 Å². The minimum atomic E-state index is -1.34. The molecule has 0 aromatic heterocycles. The van der Waals surface area contributed by atoms with Crippen LogP contribution in [0.2, 0.25) is 0 Å². The standard InChI is InChI=1S/C24H28N2O6/c1-2-15(11-12-22(28)26-21(13-27)23(29)30)25-24(31)32-14-20-18-9-5-3-7-16(18)17-8-4-6-10-19(17)20/h3-10,15,20-21,27H,2,11-14H2,1H3,(H,25,31)(H,26,28)(H,29,30)/t15?,21-/m1/s1. The maximum Gasteiger partial charge on any atom is 0.407 e. The van der Waals surface area contributed by atoms with Crippen LogP contribution < -0.4 is 10.6 Å². The van der Waals surface area contributed by atoms with Crippen LogP contribution in [0, 0.1) is 0 Å². The lowest BCUT2D eigenvalue weighted by Crippen LogP contribution is -2.44. The minimum Gasteiger partial charge on any atom is -0.480 e. The fourth-order valence-electron chi connectivity index (χ4n) is 3.94. The summed E-state index contributed by atoms with van der Waals surface area (Å²) in [6, 6.07) is 14.5. The molecule has 32 heavy (non-hydrogen) atoms. The summed E-state index contributed by atoms with van der Waals surface area (Å²) in [6.07, 6.45) is 0.369. The molecule has 8 nitrogen and oxygen atoms in total. The minimum absolute atomic E-state index is 0.0198. The number of ether oxygens (including phenoxy) is 1. The van der Waals surface area contributed by atoms with Gasteiger partial charge in [0.25, 0.3) is 0 Å². The Balaban J connectivity index is 1.52. The number of nitrogens with one attached hydrogen (secondary N) is 2. The number of carboxylic acids is 1. The number of hydrogen-bond acceptors (Lipinski definition) is 5. The number of benzene rings is 2. The second-order valence-corrected chi connectivity index (χ2v) is 7.75. The number of alkyl carbamates (subject to hydrolysis) is 1. The summed E-state index contributed by atoms with van der Waals surface area (Å²) in [5, 5.41) is 22.9. The van der Waals surface area contributed by atoms with Gasteiger partial charge in [-0.15, -0.1) is 0 Å². The molecular formula is C24H28N2O6. The zero-order valence-electron chi connectivity index (χ0n) is 17.9. The molecule has 1 aliphatic carbocycles. The zero-order valence-corrected chi connectivity index (χ0v) is 17.9. The third kappa shape index (κ3) is 5.45. The van der Waals surface area contributed by atoms with E-state index in [0.717, 1.165) is 22.3 Å². The number of aliphatic hydroxyl groups is 1. The molecule has 2 atom stereocenters. The van der Waals surface area contributed by atoms with Gasteiger partial charge >= 0.3 is 12.1 Å². The van der Waals surface area contributed by atoms with Crippen LogP contribution in [0.15, 0.2) is 48.5 Å². The monoisotopic (exact) mass is 440 g/mol. The van der Waals surface area contributed by atoms with Gasteiger partial charge in [-0.2, -0.15) is 0 Å². The molecule has 4 N–H and O–H groups in total. The molecule has 2 amide bonds. The van der Waals surface area contributed by atoms with E-state index in [1.165, 1.54) is 0 Å². The van der Waals surface area contributed by atoms with Crippen molar-refractivity contribution in [2.75, 3.05) is 13.2 Å². The normalized spacial score (nSPS) is 14.1. The van der Waals surface area contributed by atoms with E-state index in [0.29, 0.717) is 12.8 Å². The van der Waals surface area contributed by atoms with Crippen molar-refractivity contribution in [1.82, 2.24) is 10.6 Å². The summed E-state index contributed by atoms with van der Waals surface area (Å²) in [5.41, 5.74) is 4.55. The van der Waals surface area contributed by atoms with E-state index in [1.54, 1.807) is 0 Å². The topological polar surface area (TPSA) is 125 Å². The largest absolute Gasteiger partial charge is 0.480 e. The molecule has 2 aromatic carbocycles. The fourth-order valence-corrected chi connectivity index (χ4v) is 3.94. The van der Waals surface area contributed by atoms with Crippen molar-refractivity contribution < 1.29 is 29.3 Å². The Morgan fingerprint density at radius 1 is 1.00 bits per heavy atom. The molecule has 0 bridgehead atoms. The Morgan fingerprint density at radius 2 is 1.59 bits per heavy atom. The van der Waals surface area contributed by atoms with Gasteiger partial charge in [0.05, 0.1) is 6.61 Å². The van der Waals surface area contributed by atoms with Crippen LogP contribution in [-0.2, 0) is 14.3 Å². The number of amides is 2. The fraction of sp³-hybridized carbons (Fsp3) is 0.375. The number of hydrogen-bond donors (Lipinski definition) is 4. The van der Waals surface area contributed by atoms with E-state index < -0.39 is 30.6 Å². The Bertz CT molecular complexity index is 931. The van der Waals surface area contributed by atoms with Crippen molar-refractivity contribution in [2.45, 2.75) is 44.2 Å². The molecule has 0 radical (unpaired) electrons. The van der Waals surface area contributed by atoms with E-state index in [1.807, 2.05) is 43.3 Å². The first-order valence-corrected chi connectivity index (χ1v) is 10.7. The molecule has 0 saturated heterocycles. The maximum atomic E-state index is 12.4. The SMILES string of the molecule is CCC(CCC(=O)N[C@H](CO)C(=O)O)NC(=O)OCC1c2ccccc2-c2ccccc21. The highest BCUT2D eigenvalue weighted by Gasteiger charge is 2.29. The number of rotatable bonds is 10. The Labute approximate surface area is 186 Å². The first kappa shape index (κ1) is 23.3. The van der Waals surface area contributed by atoms with Gasteiger partial charge in [0, 0.05) is 18.4 Å². The summed E-state index contributed by atoms with van der Waals surface area (Å²) in [7, 11) is 0. The van der Waals surface area contributed by atoms with Crippen molar-refractivity contribution in [3.63, 3.8) is 0 Å². The molecule has 170 valence electrons. The van der Waals surface area contributed by atoms with Gasteiger partial charge in [-0.05, 0) is 35.1 Å². The number of carbonyl (C=O) groups excluding carboxylic acids is 2. The third-order valence-corrected chi connectivity index (χ3v) is 5.69. The number of aliphatic hydroxyl groups excluding tert-OH is 1. The molecule has 0 fully saturated rings. The molecule has 1 aliphatic rings. The molecule has 2 aromatic rings. The average molecular weight is 440 g/mol. The third-order valence-electron chi connectivity index (χ3n) is 5.69. The highest BCUT2D eigenvalue weighted by atomic mass is 16.5.